The van der Waals surface area contributed by atoms with E-state index in [0.29, 0.717) is 43.4 Å². The smallest absolute Gasteiger partial charge is 0.295 e. The molecule has 0 aliphatic carbocycles. The van der Waals surface area contributed by atoms with Gasteiger partial charge in [-0.05, 0) is 67.0 Å². The molecule has 1 amide bonds. The van der Waals surface area contributed by atoms with Crippen LogP contribution in [0.3, 0.4) is 0 Å². The summed E-state index contributed by atoms with van der Waals surface area (Å²) >= 11 is 0. The van der Waals surface area contributed by atoms with Gasteiger partial charge in [-0.3, -0.25) is 9.59 Å². The zero-order chi connectivity index (χ0) is 29.4. The standard InChI is InChI=1S/C34H38N2O5/c1-5-21-40-28-17-18-29(24(4)22-28)32(37)30-31(36(34(39)33(30)38)20-19-35(6-2)7-3)26-13-15-27(16-14-26)41-23-25-11-9-8-10-12-25/h5,8-18,22,31,37H,1,6-7,19-21,23H2,2-4H3/b32-30+. The van der Waals surface area contributed by atoms with Gasteiger partial charge in [0.15, 0.2) is 0 Å². The lowest BCUT2D eigenvalue weighted by Crippen LogP contribution is -2.38. The van der Waals surface area contributed by atoms with Crippen molar-refractivity contribution in [3.63, 3.8) is 0 Å². The molecule has 4 rings (SSSR count). The van der Waals surface area contributed by atoms with Crippen LogP contribution in [0.4, 0.5) is 0 Å². The van der Waals surface area contributed by atoms with E-state index < -0.39 is 17.7 Å². The zero-order valence-corrected chi connectivity index (χ0v) is 24.0. The Labute approximate surface area is 242 Å². The minimum atomic E-state index is -0.732. The van der Waals surface area contributed by atoms with Gasteiger partial charge in [-0.25, -0.2) is 0 Å². The van der Waals surface area contributed by atoms with Crippen molar-refractivity contribution in [2.24, 2.45) is 0 Å². The third-order valence-electron chi connectivity index (χ3n) is 7.36. The molecule has 1 heterocycles. The molecular weight excluding hydrogens is 516 g/mol. The van der Waals surface area contributed by atoms with Gasteiger partial charge in [0.25, 0.3) is 11.7 Å². The highest BCUT2D eigenvalue weighted by molar-refractivity contribution is 6.46. The number of nitrogens with zero attached hydrogens (tertiary/aromatic N) is 2. The fourth-order valence-corrected chi connectivity index (χ4v) is 5.03. The van der Waals surface area contributed by atoms with Crippen molar-refractivity contribution in [3.8, 4) is 11.5 Å². The number of amides is 1. The Bertz CT molecular complexity index is 1390. The number of ether oxygens (including phenoxy) is 2. The first-order valence-corrected chi connectivity index (χ1v) is 14.0. The Hall–Kier alpha value is -4.36. The molecule has 3 aromatic carbocycles. The van der Waals surface area contributed by atoms with E-state index in [9.17, 15) is 14.7 Å². The predicted octanol–water partition coefficient (Wildman–Crippen LogP) is 5.90. The van der Waals surface area contributed by atoms with Gasteiger partial charge < -0.3 is 24.4 Å². The number of hydrogen-bond acceptors (Lipinski definition) is 6. The summed E-state index contributed by atoms with van der Waals surface area (Å²) in [6.07, 6.45) is 1.65. The van der Waals surface area contributed by atoms with E-state index in [2.05, 4.69) is 25.3 Å². The van der Waals surface area contributed by atoms with Gasteiger partial charge in [0.05, 0.1) is 11.6 Å². The first kappa shape index (κ1) is 29.6. The minimum absolute atomic E-state index is 0.0790. The monoisotopic (exact) mass is 554 g/mol. The highest BCUT2D eigenvalue weighted by Gasteiger charge is 2.46. The molecule has 0 radical (unpaired) electrons. The molecule has 1 unspecified atom stereocenters. The summed E-state index contributed by atoms with van der Waals surface area (Å²) in [4.78, 5) is 30.6. The number of likely N-dealkylation sites (N-methyl/N-ethyl adjacent to an activating group) is 1. The number of aliphatic hydroxyl groups excluding tert-OH is 1. The molecule has 1 aliphatic heterocycles. The second kappa shape index (κ2) is 13.8. The molecule has 0 aromatic heterocycles. The number of likely N-dealkylation sites (tertiary alicyclic amines) is 1. The maximum absolute atomic E-state index is 13.5. The Kier molecular flexibility index (Phi) is 9.98. The van der Waals surface area contributed by atoms with E-state index in [0.717, 1.165) is 29.8 Å². The van der Waals surface area contributed by atoms with Crippen LogP contribution in [0.5, 0.6) is 11.5 Å². The molecule has 0 bridgehead atoms. The van der Waals surface area contributed by atoms with Gasteiger partial charge in [-0.1, -0.05) is 69.0 Å². The van der Waals surface area contributed by atoms with Crippen molar-refractivity contribution in [1.82, 2.24) is 9.80 Å². The lowest BCUT2D eigenvalue weighted by Gasteiger charge is -2.28. The van der Waals surface area contributed by atoms with Crippen LogP contribution < -0.4 is 9.47 Å². The molecule has 0 spiro atoms. The van der Waals surface area contributed by atoms with Crippen molar-refractivity contribution in [2.75, 3.05) is 32.8 Å². The molecule has 1 fully saturated rings. The molecular formula is C34H38N2O5. The maximum atomic E-state index is 13.5. The van der Waals surface area contributed by atoms with Crippen molar-refractivity contribution in [1.29, 1.82) is 0 Å². The van der Waals surface area contributed by atoms with Crippen LogP contribution in [0, 0.1) is 6.92 Å². The van der Waals surface area contributed by atoms with Gasteiger partial charge in [-0.2, -0.15) is 0 Å². The number of ketones is 1. The SMILES string of the molecule is C=CCOc1ccc(/C(O)=C2\C(=O)C(=O)N(CCN(CC)CC)C2c2ccc(OCc3ccccc3)cc2)c(C)c1. The van der Waals surface area contributed by atoms with E-state index in [4.69, 9.17) is 9.47 Å². The minimum Gasteiger partial charge on any atom is -0.507 e. The summed E-state index contributed by atoms with van der Waals surface area (Å²) < 4.78 is 11.6. The molecule has 1 saturated heterocycles. The van der Waals surface area contributed by atoms with E-state index in [1.54, 1.807) is 29.2 Å². The number of rotatable bonds is 13. The Morgan fingerprint density at radius 2 is 1.66 bits per heavy atom. The summed E-state index contributed by atoms with van der Waals surface area (Å²) in [6.45, 7) is 13.0. The fraction of sp³-hybridized carbons (Fsp3) is 0.294. The lowest BCUT2D eigenvalue weighted by molar-refractivity contribution is -0.140. The van der Waals surface area contributed by atoms with Crippen molar-refractivity contribution >= 4 is 17.4 Å². The molecule has 1 N–H and O–H groups in total. The molecule has 0 saturated carbocycles. The number of aliphatic hydroxyl groups is 1. The Morgan fingerprint density at radius 1 is 0.976 bits per heavy atom. The summed E-state index contributed by atoms with van der Waals surface area (Å²) in [7, 11) is 0. The maximum Gasteiger partial charge on any atom is 0.295 e. The number of Topliss-reactive ketones (excluding diaryl/α,β-unsaturated/α-hetero) is 1. The molecule has 7 heteroatoms. The predicted molar refractivity (Wildman–Crippen MR) is 161 cm³/mol. The number of benzene rings is 3. The first-order valence-electron chi connectivity index (χ1n) is 14.0. The van der Waals surface area contributed by atoms with Crippen LogP contribution in [0.25, 0.3) is 5.76 Å². The normalized spacial score (nSPS) is 16.3. The molecule has 1 aliphatic rings. The highest BCUT2D eigenvalue weighted by Crippen LogP contribution is 2.40. The largest absolute Gasteiger partial charge is 0.507 e. The lowest BCUT2D eigenvalue weighted by atomic mass is 9.94. The second-order valence-corrected chi connectivity index (χ2v) is 9.94. The van der Waals surface area contributed by atoms with Crippen molar-refractivity contribution in [2.45, 2.75) is 33.4 Å². The number of carbonyl (C=O) groups is 2. The quantitative estimate of drug-likeness (QED) is 0.123. The Balaban J connectivity index is 1.69. The van der Waals surface area contributed by atoms with Gasteiger partial charge in [-0.15, -0.1) is 0 Å². The van der Waals surface area contributed by atoms with E-state index in [1.165, 1.54) is 0 Å². The summed E-state index contributed by atoms with van der Waals surface area (Å²) in [5, 5.41) is 11.5. The van der Waals surface area contributed by atoms with E-state index in [1.807, 2.05) is 61.5 Å². The average Bonchev–Trinajstić information content (AvgIpc) is 3.25. The van der Waals surface area contributed by atoms with Crippen molar-refractivity contribution < 1.29 is 24.2 Å². The van der Waals surface area contributed by atoms with Crippen LogP contribution in [0.15, 0.2) is 91.0 Å². The van der Waals surface area contributed by atoms with Gasteiger partial charge in [0, 0.05) is 18.7 Å². The van der Waals surface area contributed by atoms with Crippen LogP contribution in [-0.4, -0.2) is 59.4 Å². The van der Waals surface area contributed by atoms with Crippen LogP contribution in [0.1, 0.15) is 42.1 Å². The average molecular weight is 555 g/mol. The number of hydrogen-bond donors (Lipinski definition) is 1. The van der Waals surface area contributed by atoms with Crippen LogP contribution in [-0.2, 0) is 16.2 Å². The summed E-state index contributed by atoms with van der Waals surface area (Å²) in [5.41, 5.74) is 3.06. The number of carbonyl (C=O) groups excluding carboxylic acids is 2. The van der Waals surface area contributed by atoms with Crippen LogP contribution in [0.2, 0.25) is 0 Å². The first-order chi connectivity index (χ1) is 19.9. The van der Waals surface area contributed by atoms with Gasteiger partial charge in [0.1, 0.15) is 30.5 Å². The van der Waals surface area contributed by atoms with E-state index in [-0.39, 0.29) is 11.3 Å². The van der Waals surface area contributed by atoms with Gasteiger partial charge >= 0.3 is 0 Å². The molecule has 3 aromatic rings. The Morgan fingerprint density at radius 3 is 2.29 bits per heavy atom. The zero-order valence-electron chi connectivity index (χ0n) is 24.0. The van der Waals surface area contributed by atoms with Crippen LogP contribution >= 0.6 is 0 Å². The molecule has 7 nitrogen and oxygen atoms in total. The van der Waals surface area contributed by atoms with Crippen molar-refractivity contribution in [3.05, 3.63) is 113 Å². The second-order valence-electron chi connectivity index (χ2n) is 9.94. The third kappa shape index (κ3) is 6.87. The summed E-state index contributed by atoms with van der Waals surface area (Å²) in [5.74, 6) is -0.208. The fourth-order valence-electron chi connectivity index (χ4n) is 5.03. The molecule has 1 atom stereocenters. The van der Waals surface area contributed by atoms with E-state index >= 15 is 0 Å². The number of aryl methyl sites for hydroxylation is 1. The third-order valence-corrected chi connectivity index (χ3v) is 7.36. The topological polar surface area (TPSA) is 79.3 Å². The molecule has 41 heavy (non-hydrogen) atoms. The highest BCUT2D eigenvalue weighted by atomic mass is 16.5. The molecule has 214 valence electrons. The summed E-state index contributed by atoms with van der Waals surface area (Å²) in [6, 6.07) is 21.8. The van der Waals surface area contributed by atoms with Gasteiger partial charge in [0.2, 0.25) is 0 Å².